The van der Waals surface area contributed by atoms with Crippen LogP contribution < -0.4 is 5.32 Å². The molecule has 0 aliphatic carbocycles. The van der Waals surface area contributed by atoms with Crippen molar-refractivity contribution in [1.29, 1.82) is 0 Å². The van der Waals surface area contributed by atoms with Crippen LogP contribution in [0.25, 0.3) is 0 Å². The van der Waals surface area contributed by atoms with Crippen molar-refractivity contribution in [3.8, 4) is 0 Å². The van der Waals surface area contributed by atoms with Crippen LogP contribution in [0.4, 0.5) is 11.4 Å². The first kappa shape index (κ1) is 11.3. The largest absolute Gasteiger partial charge is 0.353 e. The molecule has 0 radical (unpaired) electrons. The summed E-state index contributed by atoms with van der Waals surface area (Å²) >= 11 is 0. The number of nitrogens with one attached hydrogen (secondary N) is 1. The van der Waals surface area contributed by atoms with Gasteiger partial charge in [-0.1, -0.05) is 12.1 Å². The molecule has 0 atom stereocenters. The highest BCUT2D eigenvalue weighted by Crippen LogP contribution is 2.16. The van der Waals surface area contributed by atoms with Gasteiger partial charge in [0.1, 0.15) is 5.82 Å². The summed E-state index contributed by atoms with van der Waals surface area (Å²) in [7, 11) is 0. The molecule has 0 aliphatic rings. The summed E-state index contributed by atoms with van der Waals surface area (Å²) in [5.74, 6) is 0.779. The highest BCUT2D eigenvalue weighted by atomic mass is 16.1. The van der Waals surface area contributed by atoms with Gasteiger partial charge in [-0.2, -0.15) is 0 Å². The Morgan fingerprint density at radius 2 is 1.88 bits per heavy atom. The molecule has 2 rings (SSSR count). The van der Waals surface area contributed by atoms with Crippen LogP contribution in [0.2, 0.25) is 0 Å². The van der Waals surface area contributed by atoms with Gasteiger partial charge in [0.05, 0.1) is 18.1 Å². The summed E-state index contributed by atoms with van der Waals surface area (Å²) in [5.41, 5.74) is 2.34. The Balaban J connectivity index is 2.21. The summed E-state index contributed by atoms with van der Waals surface area (Å²) in [6, 6.07) is 7.34. The fourth-order valence-corrected chi connectivity index (χ4v) is 1.44. The Hall–Kier alpha value is -2.23. The molecule has 1 heterocycles. The summed E-state index contributed by atoms with van der Waals surface area (Å²) in [5, 5.41) is 3.15. The van der Waals surface area contributed by atoms with Crippen LogP contribution in [0.15, 0.2) is 36.7 Å². The molecule has 1 aromatic carbocycles. The lowest BCUT2D eigenvalue weighted by atomic mass is 10.1. The van der Waals surface area contributed by atoms with Gasteiger partial charge in [0.15, 0.2) is 5.78 Å². The summed E-state index contributed by atoms with van der Waals surface area (Å²) in [6.07, 6.45) is 3.42. The Kier molecular flexibility index (Phi) is 3.14. The fourth-order valence-electron chi connectivity index (χ4n) is 1.44. The van der Waals surface area contributed by atoms with Crippen LogP contribution >= 0.6 is 0 Å². The minimum Gasteiger partial charge on any atom is -0.353 e. The number of rotatable bonds is 3. The zero-order valence-corrected chi connectivity index (χ0v) is 9.77. The Labute approximate surface area is 99.7 Å². The molecule has 4 heteroatoms. The zero-order valence-electron chi connectivity index (χ0n) is 9.77. The van der Waals surface area contributed by atoms with E-state index in [9.17, 15) is 4.79 Å². The second kappa shape index (κ2) is 4.74. The lowest BCUT2D eigenvalue weighted by molar-refractivity contribution is 0.101. The third kappa shape index (κ3) is 2.87. The number of Topliss-reactive ketones (excluding diaryl/α,β-unsaturated/α-hetero) is 1. The van der Waals surface area contributed by atoms with Gasteiger partial charge in [-0.15, -0.1) is 0 Å². The average molecular weight is 227 g/mol. The number of anilines is 2. The van der Waals surface area contributed by atoms with Crippen LogP contribution in [0.1, 0.15) is 23.1 Å². The Bertz CT molecular complexity index is 535. The summed E-state index contributed by atoms with van der Waals surface area (Å²) in [6.45, 7) is 3.38. The van der Waals surface area contributed by atoms with Gasteiger partial charge < -0.3 is 5.32 Å². The number of aromatic nitrogens is 2. The van der Waals surface area contributed by atoms with E-state index in [0.29, 0.717) is 5.56 Å². The lowest BCUT2D eigenvalue weighted by Gasteiger charge is -2.06. The number of carbonyl (C=O) groups excluding carboxylic acids is 1. The monoisotopic (exact) mass is 227 g/mol. The molecule has 0 aliphatic heterocycles. The second-order valence-electron chi connectivity index (χ2n) is 3.78. The molecule has 0 saturated carbocycles. The van der Waals surface area contributed by atoms with Crippen LogP contribution in [0.3, 0.4) is 0 Å². The number of aryl methyl sites for hydroxylation is 1. The molecule has 0 spiro atoms. The van der Waals surface area contributed by atoms with Gasteiger partial charge >= 0.3 is 0 Å². The summed E-state index contributed by atoms with van der Waals surface area (Å²) < 4.78 is 0. The van der Waals surface area contributed by atoms with Crippen molar-refractivity contribution in [3.05, 3.63) is 48.0 Å². The number of hydrogen-bond donors (Lipinski definition) is 1. The maximum atomic E-state index is 11.2. The van der Waals surface area contributed by atoms with E-state index in [1.54, 1.807) is 25.4 Å². The van der Waals surface area contributed by atoms with E-state index < -0.39 is 0 Å². The molecule has 0 unspecified atom stereocenters. The standard InChI is InChI=1S/C13H13N3O/c1-9(17)11-4-3-5-12(6-11)16-13-7-14-10(2)15-8-13/h3-8,16H,1-2H3. The minimum absolute atomic E-state index is 0.0498. The third-order valence-corrected chi connectivity index (χ3v) is 2.34. The smallest absolute Gasteiger partial charge is 0.159 e. The van der Waals surface area contributed by atoms with Gasteiger partial charge in [-0.05, 0) is 26.0 Å². The van der Waals surface area contributed by atoms with E-state index in [-0.39, 0.29) is 5.78 Å². The predicted molar refractivity (Wildman–Crippen MR) is 66.5 cm³/mol. The minimum atomic E-state index is 0.0498. The Morgan fingerprint density at radius 3 is 2.53 bits per heavy atom. The number of benzene rings is 1. The van der Waals surface area contributed by atoms with E-state index in [1.165, 1.54) is 0 Å². The van der Waals surface area contributed by atoms with Crippen molar-refractivity contribution in [2.24, 2.45) is 0 Å². The van der Waals surface area contributed by atoms with Crippen molar-refractivity contribution in [2.45, 2.75) is 13.8 Å². The van der Waals surface area contributed by atoms with Crippen LogP contribution in [-0.4, -0.2) is 15.8 Å². The van der Waals surface area contributed by atoms with E-state index in [2.05, 4.69) is 15.3 Å². The highest BCUT2D eigenvalue weighted by Gasteiger charge is 2.01. The van der Waals surface area contributed by atoms with E-state index in [0.717, 1.165) is 17.2 Å². The normalized spacial score (nSPS) is 10.0. The molecule has 0 amide bonds. The third-order valence-electron chi connectivity index (χ3n) is 2.34. The number of nitrogens with zero attached hydrogens (tertiary/aromatic N) is 2. The molecule has 0 bridgehead atoms. The van der Waals surface area contributed by atoms with Crippen molar-refractivity contribution in [3.63, 3.8) is 0 Å². The molecular weight excluding hydrogens is 214 g/mol. The molecule has 4 nitrogen and oxygen atoms in total. The quantitative estimate of drug-likeness (QED) is 0.819. The van der Waals surface area contributed by atoms with Gasteiger partial charge in [-0.25, -0.2) is 9.97 Å². The zero-order chi connectivity index (χ0) is 12.3. The highest BCUT2D eigenvalue weighted by molar-refractivity contribution is 5.95. The number of ketones is 1. The Morgan fingerprint density at radius 1 is 1.18 bits per heavy atom. The SMILES string of the molecule is CC(=O)c1cccc(Nc2cnc(C)nc2)c1. The molecule has 0 saturated heterocycles. The first-order chi connectivity index (χ1) is 8.15. The first-order valence-electron chi connectivity index (χ1n) is 5.32. The maximum absolute atomic E-state index is 11.2. The molecule has 1 N–H and O–H groups in total. The van der Waals surface area contributed by atoms with Gasteiger partial charge in [-0.3, -0.25) is 4.79 Å². The van der Waals surface area contributed by atoms with Gasteiger partial charge in [0.25, 0.3) is 0 Å². The van der Waals surface area contributed by atoms with Crippen LogP contribution in [0, 0.1) is 6.92 Å². The fraction of sp³-hybridized carbons (Fsp3) is 0.154. The van der Waals surface area contributed by atoms with Crippen LogP contribution in [0.5, 0.6) is 0 Å². The van der Waals surface area contributed by atoms with Crippen LogP contribution in [-0.2, 0) is 0 Å². The number of hydrogen-bond acceptors (Lipinski definition) is 4. The van der Waals surface area contributed by atoms with Gasteiger partial charge in [0, 0.05) is 11.3 Å². The molecule has 2 aromatic rings. The average Bonchev–Trinajstić information content (AvgIpc) is 2.32. The van der Waals surface area contributed by atoms with Crippen molar-refractivity contribution in [1.82, 2.24) is 9.97 Å². The maximum Gasteiger partial charge on any atom is 0.159 e. The van der Waals surface area contributed by atoms with Crippen molar-refractivity contribution in [2.75, 3.05) is 5.32 Å². The van der Waals surface area contributed by atoms with Crippen molar-refractivity contribution < 1.29 is 4.79 Å². The van der Waals surface area contributed by atoms with Crippen molar-refractivity contribution >= 4 is 17.2 Å². The van der Waals surface area contributed by atoms with E-state index in [1.807, 2.05) is 25.1 Å². The molecular formula is C13H13N3O. The van der Waals surface area contributed by atoms with E-state index in [4.69, 9.17) is 0 Å². The molecule has 1 aromatic heterocycles. The predicted octanol–water partition coefficient (Wildman–Crippen LogP) is 2.73. The van der Waals surface area contributed by atoms with E-state index >= 15 is 0 Å². The second-order valence-corrected chi connectivity index (χ2v) is 3.78. The van der Waals surface area contributed by atoms with Gasteiger partial charge in [0.2, 0.25) is 0 Å². The molecule has 0 fully saturated rings. The molecule has 17 heavy (non-hydrogen) atoms. The lowest BCUT2D eigenvalue weighted by Crippen LogP contribution is -1.96. The summed E-state index contributed by atoms with van der Waals surface area (Å²) in [4.78, 5) is 19.4. The topological polar surface area (TPSA) is 54.9 Å². The molecule has 86 valence electrons. The first-order valence-corrected chi connectivity index (χ1v) is 5.32. The number of carbonyl (C=O) groups is 1.